The van der Waals surface area contributed by atoms with Crippen molar-refractivity contribution in [1.82, 2.24) is 4.57 Å². The summed E-state index contributed by atoms with van der Waals surface area (Å²) >= 11 is 0. The fourth-order valence-corrected chi connectivity index (χ4v) is 4.84. The van der Waals surface area contributed by atoms with E-state index in [-0.39, 0.29) is 39.4 Å². The van der Waals surface area contributed by atoms with E-state index in [1.807, 2.05) is 0 Å². The van der Waals surface area contributed by atoms with E-state index in [4.69, 9.17) is 6.85 Å². The standard InChI is InChI=1S/C27H28F3NO6/c1-25(2,14-33)23-8-16-7-15(19(28)11-20(16)31(23)12-18(34)13-32)9-24(35)26(5-6-26)17-3-4-21-22(10-17)37-27(29,30)36-21/h3-4,7-8,10-11,18,32-34H,5-6,9,12-14H2,1-2H3/t18-/m0/s1/i13D2,14D2,18D. The Kier molecular flexibility index (Phi) is 4.72. The normalized spacial score (nSPS) is 21.9. The molecule has 1 saturated carbocycles. The highest BCUT2D eigenvalue weighted by Crippen LogP contribution is 2.52. The first-order valence-corrected chi connectivity index (χ1v) is 11.5. The molecule has 3 N–H and O–H groups in total. The monoisotopic (exact) mass is 524 g/mol. The van der Waals surface area contributed by atoms with Gasteiger partial charge in [0.25, 0.3) is 0 Å². The average molecular weight is 525 g/mol. The number of aliphatic hydroxyl groups is 3. The number of ketones is 1. The van der Waals surface area contributed by atoms with Crippen molar-refractivity contribution < 1.29 is 49.6 Å². The lowest BCUT2D eigenvalue weighted by Crippen LogP contribution is -2.29. The smallest absolute Gasteiger partial charge is 0.395 e. The number of carbonyl (C=O) groups is 1. The molecule has 1 aliphatic carbocycles. The van der Waals surface area contributed by atoms with Crippen LogP contribution >= 0.6 is 0 Å². The van der Waals surface area contributed by atoms with Gasteiger partial charge < -0.3 is 29.4 Å². The van der Waals surface area contributed by atoms with Crippen molar-refractivity contribution in [2.45, 2.75) is 62.9 Å². The lowest BCUT2D eigenvalue weighted by molar-refractivity contribution is -0.286. The Morgan fingerprint density at radius 3 is 2.54 bits per heavy atom. The number of alkyl halides is 2. The van der Waals surface area contributed by atoms with Crippen LogP contribution in [0.2, 0.25) is 0 Å². The van der Waals surface area contributed by atoms with Crippen LogP contribution in [0, 0.1) is 5.82 Å². The number of nitrogens with zero attached hydrogens (tertiary/aromatic N) is 1. The van der Waals surface area contributed by atoms with Crippen molar-refractivity contribution in [3.05, 3.63) is 59.0 Å². The van der Waals surface area contributed by atoms with Gasteiger partial charge in [-0.05, 0) is 54.3 Å². The molecule has 10 heteroatoms. The minimum absolute atomic E-state index is 0.0104. The van der Waals surface area contributed by atoms with Crippen molar-refractivity contribution in [2.24, 2.45) is 0 Å². The molecule has 3 aromatic rings. The average Bonchev–Trinajstić information content (AvgIpc) is 3.49. The lowest BCUT2D eigenvalue weighted by Gasteiger charge is -2.25. The van der Waals surface area contributed by atoms with Crippen molar-refractivity contribution in [3.8, 4) is 11.5 Å². The van der Waals surface area contributed by atoms with Gasteiger partial charge in [0.1, 0.15) is 11.6 Å². The molecule has 1 fully saturated rings. The summed E-state index contributed by atoms with van der Waals surface area (Å²) in [6.07, 6.45) is -6.56. The Labute approximate surface area is 218 Å². The molecule has 1 aromatic heterocycles. The molecule has 5 rings (SSSR count). The summed E-state index contributed by atoms with van der Waals surface area (Å²) in [6.45, 7) is -4.61. The molecule has 1 atom stereocenters. The first kappa shape index (κ1) is 20.0. The maximum absolute atomic E-state index is 15.5. The second-order valence-corrected chi connectivity index (χ2v) is 9.92. The fourth-order valence-electron chi connectivity index (χ4n) is 4.84. The third-order valence-corrected chi connectivity index (χ3v) is 7.01. The maximum atomic E-state index is 15.5. The predicted octanol–water partition coefficient (Wildman–Crippen LogP) is 3.57. The van der Waals surface area contributed by atoms with Gasteiger partial charge in [-0.25, -0.2) is 4.39 Å². The summed E-state index contributed by atoms with van der Waals surface area (Å²) in [5, 5.41) is 30.6. The maximum Gasteiger partial charge on any atom is 0.586 e. The number of Topliss-reactive ketones (excluding diaryl/α,β-unsaturated/α-hetero) is 1. The lowest BCUT2D eigenvalue weighted by atomic mass is 9.87. The van der Waals surface area contributed by atoms with Crippen LogP contribution in [0.5, 0.6) is 11.5 Å². The van der Waals surface area contributed by atoms with Crippen molar-refractivity contribution >= 4 is 16.7 Å². The minimum atomic E-state index is -3.82. The van der Waals surface area contributed by atoms with Gasteiger partial charge in [0.2, 0.25) is 0 Å². The van der Waals surface area contributed by atoms with Crippen molar-refractivity contribution in [3.63, 3.8) is 0 Å². The van der Waals surface area contributed by atoms with Crippen LogP contribution < -0.4 is 9.47 Å². The molecule has 37 heavy (non-hydrogen) atoms. The van der Waals surface area contributed by atoms with Gasteiger partial charge >= 0.3 is 6.29 Å². The van der Waals surface area contributed by atoms with Crippen LogP contribution in [0.3, 0.4) is 0 Å². The summed E-state index contributed by atoms with van der Waals surface area (Å²) in [5.41, 5.74) is -2.45. The second-order valence-electron chi connectivity index (χ2n) is 9.92. The molecular weight excluding hydrogens is 491 g/mol. The summed E-state index contributed by atoms with van der Waals surface area (Å²) in [5.74, 6) is -1.64. The molecule has 2 aromatic carbocycles. The van der Waals surface area contributed by atoms with E-state index >= 15 is 4.39 Å². The van der Waals surface area contributed by atoms with E-state index in [2.05, 4.69) is 9.47 Å². The van der Waals surface area contributed by atoms with Crippen LogP contribution in [-0.4, -0.2) is 51.2 Å². The van der Waals surface area contributed by atoms with E-state index in [9.17, 15) is 28.9 Å². The Hall–Kier alpha value is -3.08. The molecule has 1 aliphatic heterocycles. The van der Waals surface area contributed by atoms with E-state index in [0.29, 0.717) is 18.4 Å². The second kappa shape index (κ2) is 8.75. The molecule has 0 bridgehead atoms. The number of aromatic nitrogens is 1. The molecule has 2 aliphatic rings. The highest BCUT2D eigenvalue weighted by atomic mass is 19.3. The van der Waals surface area contributed by atoms with Crippen molar-refractivity contribution in [1.29, 1.82) is 0 Å². The van der Waals surface area contributed by atoms with Crippen molar-refractivity contribution in [2.75, 3.05) is 13.1 Å². The number of carbonyl (C=O) groups excluding carboxylic acids is 1. The Bertz CT molecular complexity index is 1590. The number of hydrogen-bond acceptors (Lipinski definition) is 6. The third-order valence-electron chi connectivity index (χ3n) is 7.01. The predicted molar refractivity (Wildman–Crippen MR) is 127 cm³/mol. The molecule has 7 nitrogen and oxygen atoms in total. The van der Waals surface area contributed by atoms with Crippen LogP contribution in [0.1, 0.15) is 50.4 Å². The minimum Gasteiger partial charge on any atom is -0.395 e. The fraction of sp³-hybridized carbons (Fsp3) is 0.444. The van der Waals surface area contributed by atoms with Crippen LogP contribution in [0.25, 0.3) is 10.9 Å². The molecule has 0 spiro atoms. The highest BCUT2D eigenvalue weighted by Gasteiger charge is 2.52. The summed E-state index contributed by atoms with van der Waals surface area (Å²) in [7, 11) is 0. The quantitative estimate of drug-likeness (QED) is 0.396. The van der Waals surface area contributed by atoms with Gasteiger partial charge in [0.15, 0.2) is 11.5 Å². The van der Waals surface area contributed by atoms with E-state index < -0.39 is 55.1 Å². The summed E-state index contributed by atoms with van der Waals surface area (Å²) in [6, 6.07) is 7.73. The third kappa shape index (κ3) is 4.47. The topological polar surface area (TPSA) is 101 Å². The molecule has 2 heterocycles. The summed E-state index contributed by atoms with van der Waals surface area (Å²) in [4.78, 5) is 13.5. The number of rotatable bonds is 9. The highest BCUT2D eigenvalue weighted by molar-refractivity contribution is 5.95. The van der Waals surface area contributed by atoms with Crippen LogP contribution in [0.4, 0.5) is 13.2 Å². The zero-order chi connectivity index (χ0) is 31.3. The molecule has 0 radical (unpaired) electrons. The number of hydrogen-bond donors (Lipinski definition) is 3. The number of benzene rings is 2. The van der Waals surface area contributed by atoms with E-state index in [0.717, 1.165) is 10.6 Å². The zero-order valence-corrected chi connectivity index (χ0v) is 19.9. The number of fused-ring (bicyclic) bond motifs is 2. The first-order valence-electron chi connectivity index (χ1n) is 14.0. The van der Waals surface area contributed by atoms with Crippen LogP contribution in [0.15, 0.2) is 36.4 Å². The zero-order valence-electron chi connectivity index (χ0n) is 24.9. The van der Waals surface area contributed by atoms with E-state index in [1.165, 1.54) is 44.2 Å². The summed E-state index contributed by atoms with van der Waals surface area (Å²) < 4.78 is 91.0. The molecule has 0 amide bonds. The van der Waals surface area contributed by atoms with Crippen LogP contribution in [-0.2, 0) is 28.6 Å². The SMILES string of the molecule is [2H]C([2H])(O)C(C)(C)c1cc2cc(CC(=O)C3(c4ccc5c(c4)OC(F)(F)O5)CC3)c(F)cc2n1C[C@]([2H])(O)C([2H])([2H])O. The Morgan fingerprint density at radius 1 is 1.19 bits per heavy atom. The van der Waals surface area contributed by atoms with Gasteiger partial charge in [-0.3, -0.25) is 4.79 Å². The van der Waals surface area contributed by atoms with Gasteiger partial charge in [0, 0.05) is 22.9 Å². The number of halogens is 3. The van der Waals surface area contributed by atoms with Gasteiger partial charge in [-0.15, -0.1) is 8.78 Å². The largest absolute Gasteiger partial charge is 0.586 e. The molecule has 0 saturated heterocycles. The Morgan fingerprint density at radius 2 is 1.89 bits per heavy atom. The molecular formula is C27H28F3NO6. The first-order chi connectivity index (χ1) is 19.1. The van der Waals surface area contributed by atoms with E-state index in [1.54, 1.807) is 0 Å². The van der Waals surface area contributed by atoms with Gasteiger partial charge in [-0.1, -0.05) is 19.9 Å². The molecule has 198 valence electrons. The number of ether oxygens (including phenoxy) is 2. The van der Waals surface area contributed by atoms with Gasteiger partial charge in [0.05, 0.1) is 43.5 Å². The van der Waals surface area contributed by atoms with Gasteiger partial charge in [-0.2, -0.15) is 0 Å². The molecule has 0 unspecified atom stereocenters. The Balaban J connectivity index is 1.52.